The second-order valence-corrected chi connectivity index (χ2v) is 2.78. The standard InChI is InChI=1S/C8H8N2O/c9-4-6-5-10(11)8-3-1-2-7(6)8/h5,11H,1-3H2. The zero-order valence-electron chi connectivity index (χ0n) is 6.04. The Labute approximate surface area is 64.4 Å². The van der Waals surface area contributed by atoms with Gasteiger partial charge in [0.05, 0.1) is 17.5 Å². The van der Waals surface area contributed by atoms with Crippen LogP contribution in [0.15, 0.2) is 6.20 Å². The van der Waals surface area contributed by atoms with Gasteiger partial charge in [0.1, 0.15) is 6.07 Å². The molecule has 0 aliphatic heterocycles. The van der Waals surface area contributed by atoms with Gasteiger partial charge < -0.3 is 5.21 Å². The molecule has 1 N–H and O–H groups in total. The van der Waals surface area contributed by atoms with Crippen LogP contribution in [0.5, 0.6) is 0 Å². The first-order valence-electron chi connectivity index (χ1n) is 3.65. The summed E-state index contributed by atoms with van der Waals surface area (Å²) in [6, 6.07) is 2.07. The van der Waals surface area contributed by atoms with Crippen LogP contribution in [0.25, 0.3) is 0 Å². The molecule has 1 aromatic rings. The van der Waals surface area contributed by atoms with Gasteiger partial charge in [0.2, 0.25) is 0 Å². The normalized spacial score (nSPS) is 14.5. The van der Waals surface area contributed by atoms with E-state index < -0.39 is 0 Å². The molecule has 0 unspecified atom stereocenters. The minimum Gasteiger partial charge on any atom is -0.429 e. The van der Waals surface area contributed by atoms with Crippen molar-refractivity contribution in [2.75, 3.05) is 0 Å². The number of nitrogens with zero attached hydrogens (tertiary/aromatic N) is 2. The van der Waals surface area contributed by atoms with Gasteiger partial charge in [0.25, 0.3) is 0 Å². The maximum absolute atomic E-state index is 9.25. The lowest BCUT2D eigenvalue weighted by Crippen LogP contribution is -1.92. The van der Waals surface area contributed by atoms with Crippen molar-refractivity contribution >= 4 is 0 Å². The Morgan fingerprint density at radius 3 is 3.09 bits per heavy atom. The Hall–Kier alpha value is -1.43. The number of rotatable bonds is 0. The number of aromatic nitrogens is 1. The summed E-state index contributed by atoms with van der Waals surface area (Å²) >= 11 is 0. The maximum atomic E-state index is 9.25. The summed E-state index contributed by atoms with van der Waals surface area (Å²) in [4.78, 5) is 0. The van der Waals surface area contributed by atoms with E-state index in [1.54, 1.807) is 0 Å². The van der Waals surface area contributed by atoms with Crippen LogP contribution < -0.4 is 0 Å². The van der Waals surface area contributed by atoms with Crippen LogP contribution in [0.4, 0.5) is 0 Å². The van der Waals surface area contributed by atoms with E-state index in [0.29, 0.717) is 5.56 Å². The molecule has 0 atom stereocenters. The van der Waals surface area contributed by atoms with E-state index in [2.05, 4.69) is 6.07 Å². The van der Waals surface area contributed by atoms with Crippen molar-refractivity contribution in [2.24, 2.45) is 0 Å². The van der Waals surface area contributed by atoms with Gasteiger partial charge in [-0.25, -0.2) is 0 Å². The van der Waals surface area contributed by atoms with Crippen LogP contribution in [0.3, 0.4) is 0 Å². The van der Waals surface area contributed by atoms with Crippen LogP contribution in [-0.4, -0.2) is 9.94 Å². The summed E-state index contributed by atoms with van der Waals surface area (Å²) in [6.07, 6.45) is 4.38. The molecule has 56 valence electrons. The highest BCUT2D eigenvalue weighted by Crippen LogP contribution is 2.25. The molecule has 1 aliphatic rings. The summed E-state index contributed by atoms with van der Waals surface area (Å²) in [5.41, 5.74) is 2.58. The third-order valence-corrected chi connectivity index (χ3v) is 2.16. The molecule has 0 saturated carbocycles. The highest BCUT2D eigenvalue weighted by molar-refractivity contribution is 5.42. The number of nitriles is 1. The van der Waals surface area contributed by atoms with Crippen molar-refractivity contribution in [1.82, 2.24) is 4.73 Å². The van der Waals surface area contributed by atoms with E-state index in [1.165, 1.54) is 6.20 Å². The molecule has 1 aromatic heterocycles. The summed E-state index contributed by atoms with van der Waals surface area (Å²) < 4.78 is 1.08. The van der Waals surface area contributed by atoms with Gasteiger partial charge in [-0.05, 0) is 24.8 Å². The Bertz CT molecular complexity index is 333. The molecule has 11 heavy (non-hydrogen) atoms. The summed E-state index contributed by atoms with van der Waals surface area (Å²) in [7, 11) is 0. The summed E-state index contributed by atoms with van der Waals surface area (Å²) in [6.45, 7) is 0. The molecule has 0 fully saturated rings. The van der Waals surface area contributed by atoms with Crippen LogP contribution in [0.2, 0.25) is 0 Å². The van der Waals surface area contributed by atoms with Crippen molar-refractivity contribution in [3.05, 3.63) is 23.0 Å². The largest absolute Gasteiger partial charge is 0.429 e. The fourth-order valence-electron chi connectivity index (χ4n) is 1.65. The molecule has 1 aliphatic carbocycles. The van der Waals surface area contributed by atoms with E-state index in [1.807, 2.05) is 0 Å². The van der Waals surface area contributed by atoms with Gasteiger partial charge in [0.15, 0.2) is 0 Å². The van der Waals surface area contributed by atoms with E-state index in [0.717, 1.165) is 35.3 Å². The van der Waals surface area contributed by atoms with E-state index in [9.17, 15) is 5.21 Å². The van der Waals surface area contributed by atoms with Crippen LogP contribution in [-0.2, 0) is 12.8 Å². The number of hydrogen-bond acceptors (Lipinski definition) is 2. The molecule has 3 heteroatoms. The first-order valence-corrected chi connectivity index (χ1v) is 3.65. The second kappa shape index (κ2) is 2.03. The lowest BCUT2D eigenvalue weighted by Gasteiger charge is -1.93. The van der Waals surface area contributed by atoms with E-state index >= 15 is 0 Å². The average Bonchev–Trinajstić information content (AvgIpc) is 2.54. The number of hydrogen-bond donors (Lipinski definition) is 1. The van der Waals surface area contributed by atoms with E-state index in [4.69, 9.17) is 5.26 Å². The molecular formula is C8H8N2O. The molecule has 0 amide bonds. The first kappa shape index (κ1) is 6.29. The molecule has 0 aromatic carbocycles. The van der Waals surface area contributed by atoms with Crippen molar-refractivity contribution in [1.29, 1.82) is 5.26 Å². The van der Waals surface area contributed by atoms with Gasteiger partial charge in [0, 0.05) is 0 Å². The van der Waals surface area contributed by atoms with Crippen molar-refractivity contribution in [2.45, 2.75) is 19.3 Å². The smallest absolute Gasteiger partial charge is 0.101 e. The van der Waals surface area contributed by atoms with Crippen LogP contribution in [0, 0.1) is 11.3 Å². The zero-order chi connectivity index (χ0) is 7.84. The Balaban J connectivity index is 2.63. The molecule has 2 rings (SSSR count). The van der Waals surface area contributed by atoms with Crippen LogP contribution in [0.1, 0.15) is 23.2 Å². The van der Waals surface area contributed by atoms with E-state index in [-0.39, 0.29) is 0 Å². The van der Waals surface area contributed by atoms with Crippen LogP contribution >= 0.6 is 0 Å². The SMILES string of the molecule is N#Cc1cn(O)c2c1CCC2. The molecular weight excluding hydrogens is 140 g/mol. The molecule has 0 bridgehead atoms. The lowest BCUT2D eigenvalue weighted by molar-refractivity contribution is 0.179. The zero-order valence-corrected chi connectivity index (χ0v) is 6.04. The van der Waals surface area contributed by atoms with Crippen molar-refractivity contribution in [3.8, 4) is 6.07 Å². The Morgan fingerprint density at radius 2 is 2.36 bits per heavy atom. The topological polar surface area (TPSA) is 49.0 Å². The quantitative estimate of drug-likeness (QED) is 0.560. The fraction of sp³-hybridized carbons (Fsp3) is 0.375. The predicted molar refractivity (Wildman–Crippen MR) is 38.4 cm³/mol. The third-order valence-electron chi connectivity index (χ3n) is 2.16. The Kier molecular flexibility index (Phi) is 1.16. The maximum Gasteiger partial charge on any atom is 0.101 e. The fourth-order valence-corrected chi connectivity index (χ4v) is 1.65. The Morgan fingerprint density at radius 1 is 1.55 bits per heavy atom. The second-order valence-electron chi connectivity index (χ2n) is 2.78. The molecule has 0 saturated heterocycles. The minimum absolute atomic E-state index is 0.625. The van der Waals surface area contributed by atoms with Gasteiger partial charge in [-0.3, -0.25) is 0 Å². The van der Waals surface area contributed by atoms with Gasteiger partial charge in [-0.15, -0.1) is 0 Å². The summed E-state index contributed by atoms with van der Waals surface area (Å²) in [5, 5.41) is 17.9. The molecule has 0 spiro atoms. The lowest BCUT2D eigenvalue weighted by atomic mass is 10.2. The van der Waals surface area contributed by atoms with Crippen molar-refractivity contribution in [3.63, 3.8) is 0 Å². The summed E-state index contributed by atoms with van der Waals surface area (Å²) in [5.74, 6) is 0. The molecule has 3 nitrogen and oxygen atoms in total. The monoisotopic (exact) mass is 148 g/mol. The van der Waals surface area contributed by atoms with Gasteiger partial charge in [-0.2, -0.15) is 9.99 Å². The average molecular weight is 148 g/mol. The minimum atomic E-state index is 0.625. The van der Waals surface area contributed by atoms with Gasteiger partial charge in [-0.1, -0.05) is 0 Å². The van der Waals surface area contributed by atoms with Gasteiger partial charge >= 0.3 is 0 Å². The predicted octanol–water partition coefficient (Wildman–Crippen LogP) is 1.09. The third kappa shape index (κ3) is 0.726. The first-order chi connectivity index (χ1) is 5.33. The van der Waals surface area contributed by atoms with Crippen molar-refractivity contribution < 1.29 is 5.21 Å². The molecule has 0 radical (unpaired) electrons. The molecule has 1 heterocycles. The number of fused-ring (bicyclic) bond motifs is 1. The highest BCUT2D eigenvalue weighted by atomic mass is 16.5. The highest BCUT2D eigenvalue weighted by Gasteiger charge is 2.19.